The molecule has 0 aliphatic rings. The van der Waals surface area contributed by atoms with E-state index in [1.807, 2.05) is 6.07 Å². The summed E-state index contributed by atoms with van der Waals surface area (Å²) in [5.74, 6) is 0. The molecule has 3 rings (SSSR count). The SMILES string of the molecule is Cc1ccc2nc(-c3ccccc3)c(C(C)(C)C)n2c1. The highest BCUT2D eigenvalue weighted by atomic mass is 15.0. The van der Waals surface area contributed by atoms with Gasteiger partial charge in [-0.3, -0.25) is 0 Å². The molecule has 0 aliphatic carbocycles. The molecule has 0 spiro atoms. The summed E-state index contributed by atoms with van der Waals surface area (Å²) in [6.45, 7) is 8.84. The largest absolute Gasteiger partial charge is 0.303 e. The quantitative estimate of drug-likeness (QED) is 0.627. The van der Waals surface area contributed by atoms with Crippen molar-refractivity contribution in [3.8, 4) is 11.3 Å². The molecule has 20 heavy (non-hydrogen) atoms. The molecule has 0 saturated heterocycles. The average molecular weight is 264 g/mol. The van der Waals surface area contributed by atoms with Crippen LogP contribution >= 0.6 is 0 Å². The first-order valence-electron chi connectivity index (χ1n) is 7.01. The van der Waals surface area contributed by atoms with Crippen molar-refractivity contribution in [3.05, 3.63) is 59.9 Å². The molecule has 0 bridgehead atoms. The maximum Gasteiger partial charge on any atom is 0.137 e. The van der Waals surface area contributed by atoms with E-state index < -0.39 is 0 Å². The number of nitrogens with zero attached hydrogens (tertiary/aromatic N) is 2. The van der Waals surface area contributed by atoms with Crippen LogP contribution in [-0.2, 0) is 5.41 Å². The number of hydrogen-bond donors (Lipinski definition) is 0. The van der Waals surface area contributed by atoms with Gasteiger partial charge in [0.15, 0.2) is 0 Å². The fourth-order valence-corrected chi connectivity index (χ4v) is 2.66. The molecule has 2 heterocycles. The van der Waals surface area contributed by atoms with E-state index >= 15 is 0 Å². The van der Waals surface area contributed by atoms with E-state index in [-0.39, 0.29) is 5.41 Å². The minimum absolute atomic E-state index is 0.0401. The number of aryl methyl sites for hydroxylation is 1. The highest BCUT2D eigenvalue weighted by Gasteiger charge is 2.24. The summed E-state index contributed by atoms with van der Waals surface area (Å²) in [6, 6.07) is 14.6. The number of pyridine rings is 1. The maximum absolute atomic E-state index is 4.85. The molecule has 3 aromatic rings. The summed E-state index contributed by atoms with van der Waals surface area (Å²) in [6.07, 6.45) is 2.18. The second-order valence-electron chi connectivity index (χ2n) is 6.36. The Labute approximate surface area is 120 Å². The van der Waals surface area contributed by atoms with Gasteiger partial charge in [-0.25, -0.2) is 4.98 Å². The van der Waals surface area contributed by atoms with Gasteiger partial charge >= 0.3 is 0 Å². The van der Waals surface area contributed by atoms with Crippen LogP contribution in [0.25, 0.3) is 16.9 Å². The zero-order valence-electron chi connectivity index (χ0n) is 12.5. The summed E-state index contributed by atoms with van der Waals surface area (Å²) >= 11 is 0. The lowest BCUT2D eigenvalue weighted by Crippen LogP contribution is -2.15. The van der Waals surface area contributed by atoms with Crippen LogP contribution in [-0.4, -0.2) is 9.38 Å². The Hall–Kier alpha value is -2.09. The van der Waals surface area contributed by atoms with Crippen LogP contribution in [0.3, 0.4) is 0 Å². The van der Waals surface area contributed by atoms with Crippen LogP contribution in [0.2, 0.25) is 0 Å². The van der Waals surface area contributed by atoms with Crippen LogP contribution in [0.4, 0.5) is 0 Å². The van der Waals surface area contributed by atoms with Crippen molar-refractivity contribution in [3.63, 3.8) is 0 Å². The number of fused-ring (bicyclic) bond motifs is 1. The number of hydrogen-bond acceptors (Lipinski definition) is 1. The Balaban J connectivity index is 2.37. The van der Waals surface area contributed by atoms with Gasteiger partial charge < -0.3 is 4.40 Å². The first-order valence-corrected chi connectivity index (χ1v) is 7.01. The van der Waals surface area contributed by atoms with Gasteiger partial charge in [0.25, 0.3) is 0 Å². The normalized spacial score (nSPS) is 12.0. The summed E-state index contributed by atoms with van der Waals surface area (Å²) in [5, 5.41) is 0. The zero-order chi connectivity index (χ0) is 14.3. The van der Waals surface area contributed by atoms with Gasteiger partial charge in [0.2, 0.25) is 0 Å². The van der Waals surface area contributed by atoms with Crippen molar-refractivity contribution < 1.29 is 0 Å². The van der Waals surface area contributed by atoms with Crippen LogP contribution in [0.15, 0.2) is 48.7 Å². The van der Waals surface area contributed by atoms with Crippen molar-refractivity contribution in [2.45, 2.75) is 33.1 Å². The third-order valence-corrected chi connectivity index (χ3v) is 3.52. The van der Waals surface area contributed by atoms with Crippen LogP contribution in [0, 0.1) is 6.92 Å². The van der Waals surface area contributed by atoms with Gasteiger partial charge in [-0.15, -0.1) is 0 Å². The molecule has 0 unspecified atom stereocenters. The first kappa shape index (κ1) is 12.9. The average Bonchev–Trinajstić information content (AvgIpc) is 2.78. The summed E-state index contributed by atoms with van der Waals surface area (Å²) < 4.78 is 2.23. The van der Waals surface area contributed by atoms with Crippen molar-refractivity contribution in [1.82, 2.24) is 9.38 Å². The van der Waals surface area contributed by atoms with Crippen LogP contribution < -0.4 is 0 Å². The van der Waals surface area contributed by atoms with Gasteiger partial charge in [0.05, 0.1) is 11.4 Å². The van der Waals surface area contributed by atoms with Gasteiger partial charge in [0, 0.05) is 17.2 Å². The molecule has 0 saturated carbocycles. The number of benzene rings is 1. The monoisotopic (exact) mass is 264 g/mol. The number of rotatable bonds is 1. The molecule has 0 amide bonds. The topological polar surface area (TPSA) is 17.3 Å². The molecule has 0 aliphatic heterocycles. The standard InChI is InChI=1S/C18H20N2/c1-13-10-11-15-19-16(14-8-6-5-7-9-14)17(18(2,3)4)20(15)12-13/h5-12H,1-4H3. The minimum Gasteiger partial charge on any atom is -0.303 e. The Morgan fingerprint density at radius 1 is 0.950 bits per heavy atom. The molecule has 0 radical (unpaired) electrons. The van der Waals surface area contributed by atoms with E-state index in [1.54, 1.807) is 0 Å². The smallest absolute Gasteiger partial charge is 0.137 e. The Bertz CT molecular complexity index is 746. The lowest BCUT2D eigenvalue weighted by Gasteiger charge is -2.20. The molecular formula is C18H20N2. The third-order valence-electron chi connectivity index (χ3n) is 3.52. The van der Waals surface area contributed by atoms with Gasteiger partial charge in [0.1, 0.15) is 5.65 Å². The van der Waals surface area contributed by atoms with E-state index in [1.165, 1.54) is 16.8 Å². The summed E-state index contributed by atoms with van der Waals surface area (Å²) in [7, 11) is 0. The van der Waals surface area contributed by atoms with E-state index in [2.05, 4.69) is 74.7 Å². The van der Waals surface area contributed by atoms with Gasteiger partial charge in [-0.05, 0) is 18.6 Å². The molecule has 1 aromatic carbocycles. The van der Waals surface area contributed by atoms with Crippen molar-refractivity contribution in [2.24, 2.45) is 0 Å². The molecule has 102 valence electrons. The Kier molecular flexibility index (Phi) is 2.89. The lowest BCUT2D eigenvalue weighted by molar-refractivity contribution is 0.565. The van der Waals surface area contributed by atoms with Gasteiger partial charge in [-0.1, -0.05) is 57.2 Å². The minimum atomic E-state index is 0.0401. The predicted molar refractivity (Wildman–Crippen MR) is 84.1 cm³/mol. The maximum atomic E-state index is 4.85. The number of imidazole rings is 1. The summed E-state index contributed by atoms with van der Waals surface area (Å²) in [4.78, 5) is 4.85. The Morgan fingerprint density at radius 3 is 2.30 bits per heavy atom. The van der Waals surface area contributed by atoms with Crippen LogP contribution in [0.5, 0.6) is 0 Å². The first-order chi connectivity index (χ1) is 9.47. The van der Waals surface area contributed by atoms with E-state index in [0.29, 0.717) is 0 Å². The van der Waals surface area contributed by atoms with Crippen LogP contribution in [0.1, 0.15) is 32.0 Å². The molecular weight excluding hydrogens is 244 g/mol. The molecule has 0 atom stereocenters. The molecule has 0 N–H and O–H groups in total. The number of aromatic nitrogens is 2. The molecule has 2 heteroatoms. The second-order valence-corrected chi connectivity index (χ2v) is 6.36. The fourth-order valence-electron chi connectivity index (χ4n) is 2.66. The zero-order valence-corrected chi connectivity index (χ0v) is 12.5. The lowest BCUT2D eigenvalue weighted by atomic mass is 9.89. The highest BCUT2D eigenvalue weighted by Crippen LogP contribution is 2.33. The highest BCUT2D eigenvalue weighted by molar-refractivity contribution is 5.68. The van der Waals surface area contributed by atoms with E-state index in [0.717, 1.165) is 11.3 Å². The van der Waals surface area contributed by atoms with Crippen molar-refractivity contribution in [1.29, 1.82) is 0 Å². The fraction of sp³-hybridized carbons (Fsp3) is 0.278. The Morgan fingerprint density at radius 2 is 1.65 bits per heavy atom. The molecule has 0 fully saturated rings. The predicted octanol–water partition coefficient (Wildman–Crippen LogP) is 4.61. The van der Waals surface area contributed by atoms with Crippen molar-refractivity contribution in [2.75, 3.05) is 0 Å². The summed E-state index contributed by atoms with van der Waals surface area (Å²) in [5.41, 5.74) is 5.84. The molecule has 2 aromatic heterocycles. The van der Waals surface area contributed by atoms with E-state index in [4.69, 9.17) is 4.98 Å². The second kappa shape index (κ2) is 4.48. The van der Waals surface area contributed by atoms with Gasteiger partial charge in [-0.2, -0.15) is 0 Å². The van der Waals surface area contributed by atoms with E-state index in [9.17, 15) is 0 Å². The third kappa shape index (κ3) is 2.11. The van der Waals surface area contributed by atoms with Crippen molar-refractivity contribution >= 4 is 5.65 Å². The molecule has 2 nitrogen and oxygen atoms in total.